The number of anilines is 2. The zero-order valence-electron chi connectivity index (χ0n) is 14.3. The van der Waals surface area contributed by atoms with Crippen LogP contribution < -0.4 is 11.1 Å². The van der Waals surface area contributed by atoms with Crippen LogP contribution in [0, 0.1) is 5.82 Å². The van der Waals surface area contributed by atoms with Crippen molar-refractivity contribution in [3.8, 4) is 11.3 Å². The summed E-state index contributed by atoms with van der Waals surface area (Å²) in [5.74, 6) is 0.0995. The van der Waals surface area contributed by atoms with Gasteiger partial charge < -0.3 is 11.1 Å². The van der Waals surface area contributed by atoms with Crippen LogP contribution in [0.5, 0.6) is 0 Å². The maximum Gasteiger partial charge on any atom is 0.222 e. The van der Waals surface area contributed by atoms with Crippen molar-refractivity contribution < 1.29 is 8.78 Å². The van der Waals surface area contributed by atoms with E-state index >= 15 is 0 Å². The molecule has 3 aromatic rings. The fourth-order valence-corrected chi connectivity index (χ4v) is 3.32. The van der Waals surface area contributed by atoms with Crippen LogP contribution >= 0.6 is 0 Å². The van der Waals surface area contributed by atoms with Crippen molar-refractivity contribution in [2.45, 2.75) is 24.4 Å². The summed E-state index contributed by atoms with van der Waals surface area (Å²) in [6.07, 6.45) is 5.75. The number of pyridine rings is 1. The molecule has 7 nitrogen and oxygen atoms in total. The van der Waals surface area contributed by atoms with Crippen molar-refractivity contribution in [1.82, 2.24) is 24.9 Å². The van der Waals surface area contributed by atoms with E-state index in [2.05, 4.69) is 30.2 Å². The van der Waals surface area contributed by atoms with E-state index in [1.54, 1.807) is 24.7 Å². The van der Waals surface area contributed by atoms with Crippen molar-refractivity contribution in [2.24, 2.45) is 0 Å². The van der Waals surface area contributed by atoms with E-state index in [-0.39, 0.29) is 24.5 Å². The van der Waals surface area contributed by atoms with Gasteiger partial charge in [0, 0.05) is 42.3 Å². The van der Waals surface area contributed by atoms with Crippen LogP contribution in [0.2, 0.25) is 0 Å². The molecule has 1 fully saturated rings. The lowest BCUT2D eigenvalue weighted by Gasteiger charge is -2.43. The van der Waals surface area contributed by atoms with Gasteiger partial charge >= 0.3 is 0 Å². The Hall–Kier alpha value is -3.23. The first kappa shape index (κ1) is 17.2. The highest BCUT2D eigenvalue weighted by Gasteiger charge is 2.48. The van der Waals surface area contributed by atoms with Gasteiger partial charge in [-0.2, -0.15) is 0 Å². The number of alkyl halides is 1. The lowest BCUT2D eigenvalue weighted by Crippen LogP contribution is -2.49. The average Bonchev–Trinajstić information content (AvgIpc) is 2.65. The summed E-state index contributed by atoms with van der Waals surface area (Å²) >= 11 is 0. The highest BCUT2D eigenvalue weighted by molar-refractivity contribution is 5.58. The Labute approximate surface area is 154 Å². The lowest BCUT2D eigenvalue weighted by atomic mass is 9.65. The molecule has 0 radical (unpaired) electrons. The molecule has 0 amide bonds. The first-order valence-electron chi connectivity index (χ1n) is 8.46. The molecule has 0 atom stereocenters. The topological polar surface area (TPSA) is 102 Å². The predicted molar refractivity (Wildman–Crippen MR) is 96.0 cm³/mol. The van der Waals surface area contributed by atoms with E-state index in [1.165, 1.54) is 18.3 Å². The number of hydrogen-bond acceptors (Lipinski definition) is 7. The van der Waals surface area contributed by atoms with Crippen LogP contribution in [0.3, 0.4) is 0 Å². The molecular formula is C18H17F2N7. The van der Waals surface area contributed by atoms with Crippen LogP contribution in [0.4, 0.5) is 20.7 Å². The van der Waals surface area contributed by atoms with Crippen LogP contribution in [0.25, 0.3) is 11.3 Å². The molecule has 1 aliphatic rings. The number of nitrogen functional groups attached to an aromatic ring is 1. The number of halogens is 2. The van der Waals surface area contributed by atoms with Crippen LogP contribution in [-0.2, 0) is 5.41 Å². The summed E-state index contributed by atoms with van der Waals surface area (Å²) in [4.78, 5) is 20.6. The van der Waals surface area contributed by atoms with Gasteiger partial charge in [0.05, 0.1) is 11.4 Å². The number of rotatable bonds is 5. The second-order valence-electron chi connectivity index (χ2n) is 6.57. The molecule has 0 spiro atoms. The molecule has 0 bridgehead atoms. The molecule has 4 rings (SSSR count). The SMILES string of the molecule is Nc1nccc(-c2cnc(NC[C@]3(c4ncccc4F)C[C@H](F)C3)nc2)n1. The second kappa shape index (κ2) is 6.82. The summed E-state index contributed by atoms with van der Waals surface area (Å²) in [5, 5.41) is 3.07. The highest BCUT2D eigenvalue weighted by Crippen LogP contribution is 2.45. The third-order valence-electron chi connectivity index (χ3n) is 4.69. The Balaban J connectivity index is 1.50. The summed E-state index contributed by atoms with van der Waals surface area (Å²) in [5.41, 5.74) is 6.46. The summed E-state index contributed by atoms with van der Waals surface area (Å²) in [7, 11) is 0. The molecule has 1 aliphatic carbocycles. The normalized spacial score (nSPS) is 21.5. The monoisotopic (exact) mass is 369 g/mol. The third kappa shape index (κ3) is 3.40. The van der Waals surface area contributed by atoms with E-state index < -0.39 is 17.4 Å². The van der Waals surface area contributed by atoms with Gasteiger partial charge in [0.1, 0.15) is 12.0 Å². The van der Waals surface area contributed by atoms with Gasteiger partial charge in [-0.1, -0.05) is 0 Å². The standard InChI is InChI=1S/C18H17F2N7/c19-12-6-18(7-12,15-13(20)2-1-4-22-15)10-26-17-24-8-11(9-25-17)14-3-5-23-16(21)27-14/h1-5,8-9,12H,6-7,10H2,(H2,21,23,27)(H,24,25,26)/t12-,18-. The number of nitrogens with zero attached hydrogens (tertiary/aromatic N) is 5. The van der Waals surface area contributed by atoms with E-state index in [1.807, 2.05) is 0 Å². The molecule has 0 saturated heterocycles. The Kier molecular flexibility index (Phi) is 4.35. The van der Waals surface area contributed by atoms with Gasteiger partial charge in [-0.25, -0.2) is 28.7 Å². The summed E-state index contributed by atoms with van der Waals surface area (Å²) in [6, 6.07) is 4.57. The minimum absolute atomic E-state index is 0.166. The number of nitrogens with one attached hydrogen (secondary N) is 1. The average molecular weight is 369 g/mol. The van der Waals surface area contributed by atoms with Crippen molar-refractivity contribution in [2.75, 3.05) is 17.6 Å². The molecule has 1 saturated carbocycles. The fourth-order valence-electron chi connectivity index (χ4n) is 3.32. The maximum absolute atomic E-state index is 14.2. The number of aromatic nitrogens is 5. The Morgan fingerprint density at radius 2 is 1.89 bits per heavy atom. The Morgan fingerprint density at radius 3 is 2.56 bits per heavy atom. The molecule has 0 unspecified atom stereocenters. The Bertz CT molecular complexity index is 942. The molecule has 0 aromatic carbocycles. The van der Waals surface area contributed by atoms with Crippen molar-refractivity contribution >= 4 is 11.9 Å². The Morgan fingerprint density at radius 1 is 1.11 bits per heavy atom. The highest BCUT2D eigenvalue weighted by atomic mass is 19.1. The molecule has 3 heterocycles. The minimum atomic E-state index is -0.959. The zero-order valence-corrected chi connectivity index (χ0v) is 14.3. The van der Waals surface area contributed by atoms with Gasteiger partial charge in [0.15, 0.2) is 0 Å². The number of hydrogen-bond donors (Lipinski definition) is 2. The first-order valence-corrected chi connectivity index (χ1v) is 8.46. The van der Waals surface area contributed by atoms with E-state index in [4.69, 9.17) is 5.73 Å². The zero-order chi connectivity index (χ0) is 18.9. The molecule has 9 heteroatoms. The van der Waals surface area contributed by atoms with Gasteiger partial charge in [-0.3, -0.25) is 4.98 Å². The molecule has 3 aromatic heterocycles. The molecule has 138 valence electrons. The van der Waals surface area contributed by atoms with Crippen molar-refractivity contribution in [1.29, 1.82) is 0 Å². The van der Waals surface area contributed by atoms with Crippen LogP contribution in [-0.4, -0.2) is 37.6 Å². The first-order chi connectivity index (χ1) is 13.1. The van der Waals surface area contributed by atoms with Crippen LogP contribution in [0.15, 0.2) is 43.0 Å². The maximum atomic E-state index is 14.2. The van der Waals surface area contributed by atoms with E-state index in [0.717, 1.165) is 0 Å². The van der Waals surface area contributed by atoms with Crippen molar-refractivity contribution in [3.63, 3.8) is 0 Å². The fraction of sp³-hybridized carbons (Fsp3) is 0.278. The smallest absolute Gasteiger partial charge is 0.222 e. The van der Waals surface area contributed by atoms with Gasteiger partial charge in [-0.15, -0.1) is 0 Å². The quantitative estimate of drug-likeness (QED) is 0.712. The van der Waals surface area contributed by atoms with Gasteiger partial charge in [-0.05, 0) is 31.0 Å². The summed E-state index contributed by atoms with van der Waals surface area (Å²) in [6.45, 7) is 0.293. The van der Waals surface area contributed by atoms with Crippen LogP contribution in [0.1, 0.15) is 18.5 Å². The molecule has 0 aliphatic heterocycles. The second-order valence-corrected chi connectivity index (χ2v) is 6.57. The predicted octanol–water partition coefficient (Wildman–Crippen LogP) is 2.53. The van der Waals surface area contributed by atoms with Gasteiger partial charge in [0.2, 0.25) is 11.9 Å². The molecule has 27 heavy (non-hydrogen) atoms. The molecular weight excluding hydrogens is 352 g/mol. The summed E-state index contributed by atoms with van der Waals surface area (Å²) < 4.78 is 27.8. The van der Waals surface area contributed by atoms with Gasteiger partial charge in [0.25, 0.3) is 0 Å². The van der Waals surface area contributed by atoms with E-state index in [9.17, 15) is 8.78 Å². The largest absolute Gasteiger partial charge is 0.368 e. The van der Waals surface area contributed by atoms with E-state index in [0.29, 0.717) is 23.8 Å². The molecule has 3 N–H and O–H groups in total. The number of nitrogens with two attached hydrogens (primary N) is 1. The minimum Gasteiger partial charge on any atom is -0.368 e. The lowest BCUT2D eigenvalue weighted by molar-refractivity contribution is 0.0963. The van der Waals surface area contributed by atoms with Crippen molar-refractivity contribution in [3.05, 3.63) is 54.5 Å². The third-order valence-corrected chi connectivity index (χ3v) is 4.69.